The highest BCUT2D eigenvalue weighted by molar-refractivity contribution is 6.06. The van der Waals surface area contributed by atoms with E-state index in [2.05, 4.69) is 5.32 Å². The van der Waals surface area contributed by atoms with Crippen LogP contribution in [0.3, 0.4) is 0 Å². The lowest BCUT2D eigenvalue weighted by atomic mass is 10.0. The minimum atomic E-state index is -0.653. The quantitative estimate of drug-likeness (QED) is 0.717. The molecule has 2 aliphatic heterocycles. The minimum absolute atomic E-state index is 0.211. The van der Waals surface area contributed by atoms with E-state index in [1.165, 1.54) is 11.0 Å². The van der Waals surface area contributed by atoms with Crippen molar-refractivity contribution in [1.29, 1.82) is 0 Å². The van der Waals surface area contributed by atoms with Crippen molar-refractivity contribution >= 4 is 23.6 Å². The molecule has 21 heavy (non-hydrogen) atoms. The third-order valence-corrected chi connectivity index (χ3v) is 3.81. The van der Waals surface area contributed by atoms with Crippen molar-refractivity contribution in [3.63, 3.8) is 0 Å². The van der Waals surface area contributed by atoms with Gasteiger partial charge in [0, 0.05) is 24.1 Å². The predicted octanol–water partition coefficient (Wildman–Crippen LogP) is -0.454. The van der Waals surface area contributed by atoms with Crippen LogP contribution >= 0.6 is 0 Å². The monoisotopic (exact) mass is 287 g/mol. The molecule has 0 bridgehead atoms. The van der Waals surface area contributed by atoms with Gasteiger partial charge in [0.25, 0.3) is 5.91 Å². The molecule has 108 valence electrons. The third-order valence-electron chi connectivity index (χ3n) is 3.81. The average molecular weight is 287 g/mol. The van der Waals surface area contributed by atoms with Gasteiger partial charge in [-0.15, -0.1) is 0 Å². The Kier molecular flexibility index (Phi) is 2.97. The minimum Gasteiger partial charge on any atom is -0.366 e. The molecule has 1 atom stereocenters. The van der Waals surface area contributed by atoms with Gasteiger partial charge in [-0.1, -0.05) is 0 Å². The van der Waals surface area contributed by atoms with Crippen LogP contribution in [0.4, 0.5) is 0 Å². The molecule has 2 heterocycles. The van der Waals surface area contributed by atoms with Gasteiger partial charge in [-0.3, -0.25) is 24.5 Å². The highest BCUT2D eigenvalue weighted by atomic mass is 16.2. The summed E-state index contributed by atoms with van der Waals surface area (Å²) in [5.74, 6) is -1.61. The number of nitrogens with one attached hydrogen (secondary N) is 1. The van der Waals surface area contributed by atoms with Crippen molar-refractivity contribution in [2.75, 3.05) is 0 Å². The molecule has 4 amide bonds. The molecule has 3 N–H and O–H groups in total. The average Bonchev–Trinajstić information content (AvgIpc) is 2.75. The number of nitrogens with zero attached hydrogens (tertiary/aromatic N) is 1. The number of hydrogen-bond acceptors (Lipinski definition) is 4. The number of piperidine rings is 1. The first kappa shape index (κ1) is 13.3. The number of benzene rings is 1. The largest absolute Gasteiger partial charge is 0.366 e. The summed E-state index contributed by atoms with van der Waals surface area (Å²) in [5, 5.41) is 2.24. The van der Waals surface area contributed by atoms with Crippen LogP contribution in [0.1, 0.15) is 39.1 Å². The molecule has 7 nitrogen and oxygen atoms in total. The highest BCUT2D eigenvalue weighted by Gasteiger charge is 2.39. The van der Waals surface area contributed by atoms with Gasteiger partial charge in [0.1, 0.15) is 6.04 Å². The number of primary amides is 1. The summed E-state index contributed by atoms with van der Waals surface area (Å²) < 4.78 is 0. The summed E-state index contributed by atoms with van der Waals surface area (Å²) in [6.07, 6.45) is 0.524. The van der Waals surface area contributed by atoms with E-state index in [4.69, 9.17) is 5.73 Å². The summed E-state index contributed by atoms with van der Waals surface area (Å²) in [5.41, 5.74) is 6.67. The molecule has 1 fully saturated rings. The van der Waals surface area contributed by atoms with Gasteiger partial charge in [-0.05, 0) is 30.2 Å². The lowest BCUT2D eigenvalue weighted by Gasteiger charge is -2.29. The van der Waals surface area contributed by atoms with E-state index in [1.807, 2.05) is 0 Å². The first-order valence-corrected chi connectivity index (χ1v) is 6.55. The second-order valence-corrected chi connectivity index (χ2v) is 5.14. The maximum atomic E-state index is 12.3. The number of imide groups is 1. The normalized spacial score (nSPS) is 21.2. The Bertz CT molecular complexity index is 683. The summed E-state index contributed by atoms with van der Waals surface area (Å²) in [6, 6.07) is 3.96. The Morgan fingerprint density at radius 1 is 1.29 bits per heavy atom. The van der Waals surface area contributed by atoms with Gasteiger partial charge in [0.15, 0.2) is 0 Å². The lowest BCUT2D eigenvalue weighted by Crippen LogP contribution is -2.52. The fourth-order valence-electron chi connectivity index (χ4n) is 2.73. The molecule has 1 aromatic carbocycles. The fourth-order valence-corrected chi connectivity index (χ4v) is 2.73. The van der Waals surface area contributed by atoms with Crippen LogP contribution in [-0.2, 0) is 16.1 Å². The SMILES string of the molecule is NC(=O)c1ccc2c(c1)CN([C@@H]1CCC(=O)NC1=O)C2=O. The third kappa shape index (κ3) is 2.16. The van der Waals surface area contributed by atoms with Crippen molar-refractivity contribution in [2.45, 2.75) is 25.4 Å². The predicted molar refractivity (Wildman–Crippen MR) is 71.0 cm³/mol. The Morgan fingerprint density at radius 2 is 2.05 bits per heavy atom. The highest BCUT2D eigenvalue weighted by Crippen LogP contribution is 2.28. The van der Waals surface area contributed by atoms with Crippen molar-refractivity contribution < 1.29 is 19.2 Å². The second kappa shape index (κ2) is 4.69. The van der Waals surface area contributed by atoms with E-state index in [9.17, 15) is 19.2 Å². The van der Waals surface area contributed by atoms with Crippen LogP contribution in [0, 0.1) is 0 Å². The number of amides is 4. The smallest absolute Gasteiger partial charge is 0.255 e. The molecular weight excluding hydrogens is 274 g/mol. The van der Waals surface area contributed by atoms with Crippen LogP contribution in [-0.4, -0.2) is 34.6 Å². The Balaban J connectivity index is 1.88. The van der Waals surface area contributed by atoms with Crippen LogP contribution in [0.25, 0.3) is 0 Å². The van der Waals surface area contributed by atoms with Gasteiger partial charge in [0.05, 0.1) is 0 Å². The van der Waals surface area contributed by atoms with Crippen LogP contribution < -0.4 is 11.1 Å². The zero-order valence-corrected chi connectivity index (χ0v) is 11.1. The van der Waals surface area contributed by atoms with E-state index >= 15 is 0 Å². The van der Waals surface area contributed by atoms with Crippen molar-refractivity contribution in [2.24, 2.45) is 5.73 Å². The molecule has 0 radical (unpaired) electrons. The number of hydrogen-bond donors (Lipinski definition) is 2. The van der Waals surface area contributed by atoms with Crippen molar-refractivity contribution in [1.82, 2.24) is 10.2 Å². The lowest BCUT2D eigenvalue weighted by molar-refractivity contribution is -0.136. The first-order valence-electron chi connectivity index (χ1n) is 6.55. The second-order valence-electron chi connectivity index (χ2n) is 5.14. The van der Waals surface area contributed by atoms with E-state index in [0.29, 0.717) is 23.1 Å². The van der Waals surface area contributed by atoms with Crippen molar-refractivity contribution in [3.8, 4) is 0 Å². The Morgan fingerprint density at radius 3 is 2.71 bits per heavy atom. The number of rotatable bonds is 2. The van der Waals surface area contributed by atoms with Crippen LogP contribution in [0.2, 0.25) is 0 Å². The molecule has 7 heteroatoms. The summed E-state index contributed by atoms with van der Waals surface area (Å²) >= 11 is 0. The molecule has 1 saturated heterocycles. The number of nitrogens with two attached hydrogens (primary N) is 1. The van der Waals surface area contributed by atoms with Gasteiger partial charge in [-0.25, -0.2) is 0 Å². The zero-order chi connectivity index (χ0) is 15.1. The summed E-state index contributed by atoms with van der Waals surface area (Å²) in [4.78, 5) is 48.0. The molecule has 3 rings (SSSR count). The Hall–Kier alpha value is -2.70. The maximum Gasteiger partial charge on any atom is 0.255 e. The van der Waals surface area contributed by atoms with Gasteiger partial charge >= 0.3 is 0 Å². The molecule has 2 aliphatic rings. The molecule has 0 saturated carbocycles. The van der Waals surface area contributed by atoms with Gasteiger partial charge < -0.3 is 10.6 Å². The topological polar surface area (TPSA) is 110 Å². The maximum absolute atomic E-state index is 12.3. The summed E-state index contributed by atoms with van der Waals surface area (Å²) in [6.45, 7) is 0.238. The fraction of sp³-hybridized carbons (Fsp3) is 0.286. The summed E-state index contributed by atoms with van der Waals surface area (Å²) in [7, 11) is 0. The van der Waals surface area contributed by atoms with E-state index in [0.717, 1.165) is 0 Å². The van der Waals surface area contributed by atoms with Gasteiger partial charge in [0.2, 0.25) is 17.7 Å². The molecule has 0 unspecified atom stereocenters. The first-order chi connectivity index (χ1) is 9.97. The van der Waals surface area contributed by atoms with Gasteiger partial charge in [-0.2, -0.15) is 0 Å². The number of carbonyl (C=O) groups is 4. The number of fused-ring (bicyclic) bond motifs is 1. The van der Waals surface area contributed by atoms with Crippen LogP contribution in [0.5, 0.6) is 0 Å². The zero-order valence-electron chi connectivity index (χ0n) is 11.1. The van der Waals surface area contributed by atoms with Crippen LogP contribution in [0.15, 0.2) is 18.2 Å². The van der Waals surface area contributed by atoms with Crippen molar-refractivity contribution in [3.05, 3.63) is 34.9 Å². The van der Waals surface area contributed by atoms with E-state index < -0.39 is 17.9 Å². The molecule has 0 aliphatic carbocycles. The number of carbonyl (C=O) groups excluding carboxylic acids is 4. The van der Waals surface area contributed by atoms with E-state index in [1.54, 1.807) is 12.1 Å². The molecule has 0 aromatic heterocycles. The van der Waals surface area contributed by atoms with E-state index in [-0.39, 0.29) is 24.8 Å². The Labute approximate surface area is 120 Å². The standard InChI is InChI=1S/C14H13N3O4/c15-12(19)7-1-2-9-8(5-7)6-17(14(9)21)10-3-4-11(18)16-13(10)20/h1-2,5,10H,3-4,6H2,(H2,15,19)(H,16,18,20)/t10-/m1/s1. The molecule has 1 aromatic rings. The molecule has 0 spiro atoms. The molecular formula is C14H13N3O4.